The summed E-state index contributed by atoms with van der Waals surface area (Å²) in [4.78, 5) is 11.0. The molecule has 0 saturated carbocycles. The van der Waals surface area contributed by atoms with Crippen LogP contribution in [0.4, 0.5) is 4.79 Å². The number of nitrogens with one attached hydrogen (secondary N) is 1. The lowest BCUT2D eigenvalue weighted by Crippen LogP contribution is -2.17. The molecule has 1 saturated heterocycles. The molecule has 1 unspecified atom stereocenters. The largest absolute Gasteiger partial charge is 0.447 e. The molecule has 0 bridgehead atoms. The molecule has 1 aromatic carbocycles. The maximum Gasteiger partial charge on any atom is 0.407 e. The molecular weight excluding hydrogens is 210 g/mol. The smallest absolute Gasteiger partial charge is 0.407 e. The molecule has 2 aromatic rings. The van der Waals surface area contributed by atoms with Crippen LogP contribution in [0, 0.1) is 0 Å². The number of alkyl carbamates (subject to hydrolysis) is 1. The van der Waals surface area contributed by atoms with Crippen LogP contribution in [-0.4, -0.2) is 12.7 Å². The summed E-state index contributed by atoms with van der Waals surface area (Å²) in [5.41, 5.74) is 1.15. The molecule has 4 heteroatoms. The lowest BCUT2D eigenvalue weighted by molar-refractivity contribution is 0.177. The van der Waals surface area contributed by atoms with Gasteiger partial charge in [0.15, 0.2) is 0 Å². The normalized spacial score (nSPS) is 20.3. The molecule has 1 amide bonds. The van der Waals surface area contributed by atoms with E-state index in [1.165, 1.54) is 10.1 Å². The highest BCUT2D eigenvalue weighted by atomic mass is 32.1. The number of amides is 1. The van der Waals surface area contributed by atoms with Gasteiger partial charge in [-0.3, -0.25) is 0 Å². The van der Waals surface area contributed by atoms with Crippen molar-refractivity contribution in [3.05, 3.63) is 35.2 Å². The zero-order chi connectivity index (χ0) is 10.3. The summed E-state index contributed by atoms with van der Waals surface area (Å²) in [6, 6.07) is 8.20. The van der Waals surface area contributed by atoms with E-state index >= 15 is 0 Å². The summed E-state index contributed by atoms with van der Waals surface area (Å²) in [6.07, 6.45) is -0.324. The van der Waals surface area contributed by atoms with Gasteiger partial charge in [0.25, 0.3) is 0 Å². The fraction of sp³-hybridized carbons (Fsp3) is 0.182. The van der Waals surface area contributed by atoms with Gasteiger partial charge in [-0.15, -0.1) is 11.3 Å². The summed E-state index contributed by atoms with van der Waals surface area (Å²) in [6.45, 7) is 0.430. The van der Waals surface area contributed by atoms with E-state index in [4.69, 9.17) is 4.74 Å². The van der Waals surface area contributed by atoms with Crippen LogP contribution in [0.25, 0.3) is 10.1 Å². The fourth-order valence-electron chi connectivity index (χ4n) is 1.82. The highest BCUT2D eigenvalue weighted by molar-refractivity contribution is 7.17. The average molecular weight is 219 g/mol. The molecule has 2 heterocycles. The molecule has 0 aliphatic carbocycles. The Kier molecular flexibility index (Phi) is 1.89. The number of fused-ring (bicyclic) bond motifs is 1. The van der Waals surface area contributed by atoms with Crippen LogP contribution in [0.2, 0.25) is 0 Å². The minimum atomic E-state index is -0.324. The molecule has 3 rings (SSSR count). The first-order valence-electron chi connectivity index (χ1n) is 4.74. The number of ether oxygens (including phenoxy) is 1. The Morgan fingerprint density at radius 1 is 1.40 bits per heavy atom. The summed E-state index contributed by atoms with van der Waals surface area (Å²) >= 11 is 1.70. The van der Waals surface area contributed by atoms with Crippen LogP contribution in [0.5, 0.6) is 0 Å². The number of carbonyl (C=O) groups is 1. The second-order valence-electron chi connectivity index (χ2n) is 3.48. The van der Waals surface area contributed by atoms with Crippen molar-refractivity contribution < 1.29 is 9.53 Å². The van der Waals surface area contributed by atoms with Gasteiger partial charge in [0.2, 0.25) is 0 Å². The third-order valence-electron chi connectivity index (χ3n) is 2.56. The molecule has 1 aliphatic heterocycles. The first-order valence-corrected chi connectivity index (χ1v) is 5.62. The quantitative estimate of drug-likeness (QED) is 0.800. The Bertz CT molecular complexity index is 520. The predicted molar refractivity (Wildman–Crippen MR) is 59.0 cm³/mol. The van der Waals surface area contributed by atoms with Crippen LogP contribution in [0.15, 0.2) is 29.6 Å². The molecule has 0 radical (unpaired) electrons. The van der Waals surface area contributed by atoms with Crippen molar-refractivity contribution in [2.45, 2.75) is 6.04 Å². The van der Waals surface area contributed by atoms with Crippen molar-refractivity contribution in [2.75, 3.05) is 6.61 Å². The summed E-state index contributed by atoms with van der Waals surface area (Å²) < 4.78 is 6.14. The molecule has 1 aromatic heterocycles. The number of carbonyl (C=O) groups excluding carboxylic acids is 1. The molecule has 0 spiro atoms. The Hall–Kier alpha value is -1.55. The number of hydrogen-bond acceptors (Lipinski definition) is 3. The van der Waals surface area contributed by atoms with Gasteiger partial charge in [-0.05, 0) is 22.4 Å². The number of cyclic esters (lactones) is 1. The average Bonchev–Trinajstić information content (AvgIpc) is 2.83. The fourth-order valence-corrected chi connectivity index (χ4v) is 2.84. The molecule has 1 atom stereocenters. The van der Waals surface area contributed by atoms with Crippen LogP contribution in [0.1, 0.15) is 11.6 Å². The molecule has 3 nitrogen and oxygen atoms in total. The number of thiophene rings is 1. The van der Waals surface area contributed by atoms with Crippen molar-refractivity contribution >= 4 is 27.5 Å². The Balaban J connectivity index is 2.07. The van der Waals surface area contributed by atoms with Crippen molar-refractivity contribution in [2.24, 2.45) is 0 Å². The van der Waals surface area contributed by atoms with Crippen molar-refractivity contribution in [3.63, 3.8) is 0 Å². The van der Waals surface area contributed by atoms with Gasteiger partial charge in [0, 0.05) is 4.70 Å². The van der Waals surface area contributed by atoms with Crippen molar-refractivity contribution in [3.8, 4) is 0 Å². The van der Waals surface area contributed by atoms with Gasteiger partial charge in [-0.25, -0.2) is 4.79 Å². The molecule has 1 fully saturated rings. The van der Waals surface area contributed by atoms with Gasteiger partial charge in [0.1, 0.15) is 6.61 Å². The van der Waals surface area contributed by atoms with Gasteiger partial charge in [0.05, 0.1) is 6.04 Å². The van der Waals surface area contributed by atoms with Crippen molar-refractivity contribution in [1.82, 2.24) is 5.32 Å². The topological polar surface area (TPSA) is 38.3 Å². The minimum Gasteiger partial charge on any atom is -0.447 e. The van der Waals surface area contributed by atoms with Gasteiger partial charge in [-0.1, -0.05) is 18.2 Å². The lowest BCUT2D eigenvalue weighted by atomic mass is 10.1. The van der Waals surface area contributed by atoms with Crippen LogP contribution in [0.3, 0.4) is 0 Å². The van der Waals surface area contributed by atoms with Gasteiger partial charge >= 0.3 is 6.09 Å². The maximum absolute atomic E-state index is 11.0. The maximum atomic E-state index is 11.0. The zero-order valence-corrected chi connectivity index (χ0v) is 8.71. The highest BCUT2D eigenvalue weighted by Crippen LogP contribution is 2.31. The highest BCUT2D eigenvalue weighted by Gasteiger charge is 2.25. The van der Waals surface area contributed by atoms with E-state index in [2.05, 4.69) is 22.8 Å². The van der Waals surface area contributed by atoms with E-state index in [0.29, 0.717) is 6.61 Å². The number of rotatable bonds is 1. The first kappa shape index (κ1) is 8.73. The SMILES string of the molecule is O=C1NC(c2csc3ccccc23)CO1. The summed E-state index contributed by atoms with van der Waals surface area (Å²) in [5.74, 6) is 0. The molecule has 1 aliphatic rings. The van der Waals surface area contributed by atoms with Crippen LogP contribution < -0.4 is 5.32 Å². The first-order chi connectivity index (χ1) is 7.34. The molecule has 15 heavy (non-hydrogen) atoms. The Morgan fingerprint density at radius 2 is 2.27 bits per heavy atom. The minimum absolute atomic E-state index is 0.00801. The summed E-state index contributed by atoms with van der Waals surface area (Å²) in [7, 11) is 0. The van der Waals surface area contributed by atoms with E-state index in [-0.39, 0.29) is 12.1 Å². The van der Waals surface area contributed by atoms with Gasteiger partial charge < -0.3 is 10.1 Å². The van der Waals surface area contributed by atoms with Crippen LogP contribution >= 0.6 is 11.3 Å². The third kappa shape index (κ3) is 1.37. The second-order valence-corrected chi connectivity index (χ2v) is 4.39. The number of benzene rings is 1. The Morgan fingerprint density at radius 3 is 3.07 bits per heavy atom. The third-order valence-corrected chi connectivity index (χ3v) is 3.54. The van der Waals surface area contributed by atoms with E-state index in [1.807, 2.05) is 12.1 Å². The van der Waals surface area contributed by atoms with E-state index in [0.717, 1.165) is 5.56 Å². The monoisotopic (exact) mass is 219 g/mol. The lowest BCUT2D eigenvalue weighted by Gasteiger charge is -2.04. The second kappa shape index (κ2) is 3.24. The standard InChI is InChI=1S/C11H9NO2S/c13-11-12-9(5-14-11)8-6-15-10-4-2-1-3-7(8)10/h1-4,6,9H,5H2,(H,12,13). The predicted octanol–water partition coefficient (Wildman–Crippen LogP) is 2.68. The zero-order valence-electron chi connectivity index (χ0n) is 7.90. The summed E-state index contributed by atoms with van der Waals surface area (Å²) in [5, 5.41) is 6.09. The molecular formula is C11H9NO2S. The van der Waals surface area contributed by atoms with Crippen molar-refractivity contribution in [1.29, 1.82) is 0 Å². The molecule has 76 valence electrons. The molecule has 1 N–H and O–H groups in total. The van der Waals surface area contributed by atoms with E-state index < -0.39 is 0 Å². The van der Waals surface area contributed by atoms with Gasteiger partial charge in [-0.2, -0.15) is 0 Å². The van der Waals surface area contributed by atoms with E-state index in [1.54, 1.807) is 11.3 Å². The number of hydrogen-bond donors (Lipinski definition) is 1. The Labute approximate surface area is 90.7 Å². The van der Waals surface area contributed by atoms with E-state index in [9.17, 15) is 4.79 Å². The van der Waals surface area contributed by atoms with Crippen LogP contribution in [-0.2, 0) is 4.74 Å².